The molecule has 0 saturated heterocycles. The van der Waals surface area contributed by atoms with Crippen LogP contribution in [0.3, 0.4) is 0 Å². The molecule has 2 rings (SSSR count). The molecule has 0 aliphatic heterocycles. The van der Waals surface area contributed by atoms with Gasteiger partial charge in [0.25, 0.3) is 0 Å². The molecule has 0 atom stereocenters. The van der Waals surface area contributed by atoms with Crippen LogP contribution in [-0.2, 0) is 9.53 Å². The smallest absolute Gasteiger partial charge is 0.337 e. The molecule has 0 spiro atoms. The average Bonchev–Trinajstić information content (AvgIpc) is 2.92. The molecule has 0 saturated carbocycles. The van der Waals surface area contributed by atoms with E-state index >= 15 is 0 Å². The quantitative estimate of drug-likeness (QED) is 0.637. The second-order valence-corrected chi connectivity index (χ2v) is 6.98. The molecular weight excluding hydrogens is 366 g/mol. The first-order valence-electron chi connectivity index (χ1n) is 6.43. The highest BCUT2D eigenvalue weighted by atomic mass is 79.9. The fraction of sp³-hybridized carbons (Fsp3) is 0.125. The highest BCUT2D eigenvalue weighted by Crippen LogP contribution is 2.23. The lowest BCUT2D eigenvalue weighted by Gasteiger charge is -2.08. The van der Waals surface area contributed by atoms with E-state index in [9.17, 15) is 9.59 Å². The van der Waals surface area contributed by atoms with E-state index in [1.54, 1.807) is 24.3 Å². The molecule has 1 aromatic heterocycles. The Morgan fingerprint density at radius 2 is 2.05 bits per heavy atom. The monoisotopic (exact) mass is 379 g/mol. The van der Waals surface area contributed by atoms with Crippen LogP contribution in [-0.4, -0.2) is 19.0 Å². The topological polar surface area (TPSA) is 55.4 Å². The molecule has 22 heavy (non-hydrogen) atoms. The first kappa shape index (κ1) is 16.5. The molecule has 1 N–H and O–H groups in total. The molecule has 114 valence electrons. The minimum Gasteiger partial charge on any atom is -0.465 e. The van der Waals surface area contributed by atoms with Crippen molar-refractivity contribution in [1.82, 2.24) is 0 Å². The van der Waals surface area contributed by atoms with Crippen LogP contribution in [0.15, 0.2) is 40.2 Å². The van der Waals surface area contributed by atoms with Gasteiger partial charge in [0, 0.05) is 16.6 Å². The number of hydrogen-bond donors (Lipinski definition) is 1. The number of thiophene rings is 1. The highest BCUT2D eigenvalue weighted by molar-refractivity contribution is 9.11. The molecule has 0 aliphatic carbocycles. The number of aryl methyl sites for hydroxylation is 1. The molecule has 4 nitrogen and oxygen atoms in total. The number of rotatable bonds is 4. The van der Waals surface area contributed by atoms with Gasteiger partial charge < -0.3 is 10.1 Å². The Balaban J connectivity index is 2.10. The van der Waals surface area contributed by atoms with Crippen molar-refractivity contribution in [2.75, 3.05) is 12.4 Å². The maximum atomic E-state index is 12.0. The summed E-state index contributed by atoms with van der Waals surface area (Å²) >= 11 is 4.91. The van der Waals surface area contributed by atoms with E-state index in [1.807, 2.05) is 19.1 Å². The van der Waals surface area contributed by atoms with Gasteiger partial charge in [-0.25, -0.2) is 4.79 Å². The van der Waals surface area contributed by atoms with Crippen LogP contribution in [0.5, 0.6) is 0 Å². The lowest BCUT2D eigenvalue weighted by molar-refractivity contribution is -0.111. The van der Waals surface area contributed by atoms with Crippen LogP contribution in [0.1, 0.15) is 20.8 Å². The van der Waals surface area contributed by atoms with Gasteiger partial charge >= 0.3 is 5.97 Å². The first-order valence-corrected chi connectivity index (χ1v) is 8.04. The normalized spacial score (nSPS) is 10.7. The Morgan fingerprint density at radius 3 is 2.68 bits per heavy atom. The van der Waals surface area contributed by atoms with E-state index in [2.05, 4.69) is 26.0 Å². The van der Waals surface area contributed by atoms with Gasteiger partial charge in [-0.15, -0.1) is 11.3 Å². The Labute approximate surface area is 140 Å². The molecule has 1 heterocycles. The summed E-state index contributed by atoms with van der Waals surface area (Å²) in [6.45, 7) is 1.86. The van der Waals surface area contributed by atoms with Crippen LogP contribution >= 0.6 is 27.3 Å². The summed E-state index contributed by atoms with van der Waals surface area (Å²) in [6.07, 6.45) is 3.20. The molecule has 0 fully saturated rings. The third-order valence-corrected chi connectivity index (χ3v) is 4.50. The van der Waals surface area contributed by atoms with Crippen LogP contribution < -0.4 is 5.32 Å². The summed E-state index contributed by atoms with van der Waals surface area (Å²) in [5, 5.41) is 2.77. The predicted octanol–water partition coefficient (Wildman–Crippen LogP) is 4.26. The van der Waals surface area contributed by atoms with Gasteiger partial charge in [0.1, 0.15) is 0 Å². The SMILES string of the molecule is COC(=O)c1ccc(C)c(NC(=O)/C=C/c2ccc(Br)s2)c1. The van der Waals surface area contributed by atoms with Crippen molar-refractivity contribution in [3.05, 3.63) is 56.2 Å². The largest absolute Gasteiger partial charge is 0.465 e. The number of nitrogens with one attached hydrogen (secondary N) is 1. The number of carbonyl (C=O) groups is 2. The average molecular weight is 380 g/mol. The summed E-state index contributed by atoms with van der Waals surface area (Å²) in [7, 11) is 1.32. The summed E-state index contributed by atoms with van der Waals surface area (Å²) < 4.78 is 5.68. The van der Waals surface area contributed by atoms with E-state index in [-0.39, 0.29) is 5.91 Å². The first-order chi connectivity index (χ1) is 10.5. The van der Waals surface area contributed by atoms with Crippen LogP contribution in [0.2, 0.25) is 0 Å². The molecule has 6 heteroatoms. The molecule has 0 bridgehead atoms. The third-order valence-electron chi connectivity index (χ3n) is 2.91. The molecule has 0 aliphatic rings. The summed E-state index contributed by atoms with van der Waals surface area (Å²) in [6, 6.07) is 8.88. The van der Waals surface area contributed by atoms with Crippen molar-refractivity contribution in [2.45, 2.75) is 6.92 Å². The van der Waals surface area contributed by atoms with Crippen molar-refractivity contribution >= 4 is 50.9 Å². The van der Waals surface area contributed by atoms with Gasteiger partial charge in [0.05, 0.1) is 16.5 Å². The lowest BCUT2D eigenvalue weighted by Crippen LogP contribution is -2.10. The molecule has 0 radical (unpaired) electrons. The van der Waals surface area contributed by atoms with Crippen LogP contribution in [0.25, 0.3) is 6.08 Å². The van der Waals surface area contributed by atoms with Crippen molar-refractivity contribution in [3.63, 3.8) is 0 Å². The molecule has 0 unspecified atom stereocenters. The van der Waals surface area contributed by atoms with Gasteiger partial charge in [0.15, 0.2) is 0 Å². The van der Waals surface area contributed by atoms with E-state index < -0.39 is 5.97 Å². The Kier molecular flexibility index (Phi) is 5.51. The van der Waals surface area contributed by atoms with Gasteiger partial charge in [-0.3, -0.25) is 4.79 Å². The number of carbonyl (C=O) groups excluding carboxylic acids is 2. The van der Waals surface area contributed by atoms with Crippen molar-refractivity contribution in [1.29, 1.82) is 0 Å². The summed E-state index contributed by atoms with van der Waals surface area (Å²) in [5.41, 5.74) is 1.85. The lowest BCUT2D eigenvalue weighted by atomic mass is 10.1. The fourth-order valence-corrected chi connectivity index (χ4v) is 3.08. The number of esters is 1. The minimum absolute atomic E-state index is 0.255. The van der Waals surface area contributed by atoms with Crippen LogP contribution in [0, 0.1) is 6.92 Å². The zero-order chi connectivity index (χ0) is 16.1. The summed E-state index contributed by atoms with van der Waals surface area (Å²) in [4.78, 5) is 24.5. The van der Waals surface area contributed by atoms with E-state index in [1.165, 1.54) is 24.5 Å². The Bertz CT molecular complexity index is 737. The second-order valence-electron chi connectivity index (χ2n) is 4.49. The molecule has 1 aromatic carbocycles. The predicted molar refractivity (Wildman–Crippen MR) is 92.2 cm³/mol. The maximum Gasteiger partial charge on any atom is 0.337 e. The zero-order valence-corrected chi connectivity index (χ0v) is 14.5. The van der Waals surface area contributed by atoms with E-state index in [0.29, 0.717) is 11.3 Å². The molecular formula is C16H14BrNO3S. The van der Waals surface area contributed by atoms with Crippen molar-refractivity contribution in [3.8, 4) is 0 Å². The van der Waals surface area contributed by atoms with Crippen molar-refractivity contribution < 1.29 is 14.3 Å². The molecule has 2 aromatic rings. The van der Waals surface area contributed by atoms with E-state index in [4.69, 9.17) is 0 Å². The zero-order valence-electron chi connectivity index (χ0n) is 12.1. The van der Waals surface area contributed by atoms with Gasteiger partial charge in [0.2, 0.25) is 5.91 Å². The summed E-state index contributed by atoms with van der Waals surface area (Å²) in [5.74, 6) is -0.691. The van der Waals surface area contributed by atoms with Gasteiger partial charge in [-0.05, 0) is 58.8 Å². The fourth-order valence-electron chi connectivity index (χ4n) is 1.75. The third kappa shape index (κ3) is 4.29. The number of hydrogen-bond acceptors (Lipinski definition) is 4. The standard InChI is InChI=1S/C16H14BrNO3S/c1-10-3-4-11(16(20)21-2)9-13(10)18-15(19)8-6-12-5-7-14(17)22-12/h3-9H,1-2H3,(H,18,19)/b8-6+. The minimum atomic E-state index is -0.436. The maximum absolute atomic E-state index is 12.0. The number of halogens is 1. The second kappa shape index (κ2) is 7.38. The number of amides is 1. The number of ether oxygens (including phenoxy) is 1. The number of methoxy groups -OCH3 is 1. The Hall–Kier alpha value is -1.92. The molecule has 1 amide bonds. The van der Waals surface area contributed by atoms with Crippen LogP contribution in [0.4, 0.5) is 5.69 Å². The van der Waals surface area contributed by atoms with Gasteiger partial charge in [-0.1, -0.05) is 6.07 Å². The van der Waals surface area contributed by atoms with Crippen molar-refractivity contribution in [2.24, 2.45) is 0 Å². The number of benzene rings is 1. The number of anilines is 1. The highest BCUT2D eigenvalue weighted by Gasteiger charge is 2.09. The Morgan fingerprint density at radius 1 is 1.27 bits per heavy atom. The van der Waals surface area contributed by atoms with E-state index in [0.717, 1.165) is 14.2 Å². The van der Waals surface area contributed by atoms with Gasteiger partial charge in [-0.2, -0.15) is 0 Å².